The highest BCUT2D eigenvalue weighted by molar-refractivity contribution is 5.75. The molecule has 0 aromatic carbocycles. The van der Waals surface area contributed by atoms with Gasteiger partial charge in [0.05, 0.1) is 0 Å². The maximum atomic E-state index is 11.4. The van der Waals surface area contributed by atoms with Gasteiger partial charge >= 0.3 is 0 Å². The molecular formula is C12H21N3O. The first-order chi connectivity index (χ1) is 7.67. The number of carbonyl (C=O) groups is 1. The monoisotopic (exact) mass is 223 g/mol. The minimum atomic E-state index is 0.0358. The highest BCUT2D eigenvalue weighted by Crippen LogP contribution is 2.15. The molecule has 1 aromatic heterocycles. The van der Waals surface area contributed by atoms with Crippen LogP contribution < -0.4 is 11.1 Å². The number of nitrogens with two attached hydrogens (primary N) is 1. The molecule has 1 unspecified atom stereocenters. The van der Waals surface area contributed by atoms with Gasteiger partial charge in [0.1, 0.15) is 6.54 Å². The first-order valence-electron chi connectivity index (χ1n) is 5.85. The molecule has 4 nitrogen and oxygen atoms in total. The standard InChI is InChI=1S/C12H21N3O/c1-3-5-11(13)10-6-7-15(8-10)9-12(16)14-4-2/h6-8,11H,3-5,9,13H2,1-2H3,(H,14,16). The maximum Gasteiger partial charge on any atom is 0.239 e. The molecule has 1 atom stereocenters. The summed E-state index contributed by atoms with van der Waals surface area (Å²) in [7, 11) is 0. The van der Waals surface area contributed by atoms with E-state index in [1.165, 1.54) is 0 Å². The Labute approximate surface area is 96.8 Å². The van der Waals surface area contributed by atoms with Gasteiger partial charge in [-0.2, -0.15) is 0 Å². The Morgan fingerprint density at radius 1 is 1.56 bits per heavy atom. The second-order valence-corrected chi connectivity index (χ2v) is 3.97. The van der Waals surface area contributed by atoms with Crippen molar-refractivity contribution in [3.63, 3.8) is 0 Å². The molecule has 1 rings (SSSR count). The molecule has 0 fully saturated rings. The lowest BCUT2D eigenvalue weighted by Gasteiger charge is -2.07. The SMILES string of the molecule is CCCC(N)c1ccn(CC(=O)NCC)c1. The number of carbonyl (C=O) groups excluding carboxylic acids is 1. The third-order valence-corrected chi connectivity index (χ3v) is 2.50. The summed E-state index contributed by atoms with van der Waals surface area (Å²) in [6.45, 7) is 5.07. The highest BCUT2D eigenvalue weighted by Gasteiger charge is 2.07. The molecule has 0 aliphatic rings. The van der Waals surface area contributed by atoms with Crippen LogP contribution in [0.4, 0.5) is 0 Å². The average molecular weight is 223 g/mol. The van der Waals surface area contributed by atoms with E-state index in [2.05, 4.69) is 12.2 Å². The summed E-state index contributed by atoms with van der Waals surface area (Å²) < 4.78 is 1.87. The van der Waals surface area contributed by atoms with E-state index in [-0.39, 0.29) is 11.9 Å². The van der Waals surface area contributed by atoms with E-state index < -0.39 is 0 Å². The molecule has 1 heterocycles. The Kier molecular flexibility index (Phi) is 5.05. The predicted molar refractivity (Wildman–Crippen MR) is 65.0 cm³/mol. The summed E-state index contributed by atoms with van der Waals surface area (Å²) in [5.41, 5.74) is 7.10. The molecule has 0 spiro atoms. The predicted octanol–water partition coefficient (Wildman–Crippen LogP) is 1.42. The number of likely N-dealkylation sites (N-methyl/N-ethyl adjacent to an activating group) is 1. The summed E-state index contributed by atoms with van der Waals surface area (Å²) in [6, 6.07) is 2.07. The lowest BCUT2D eigenvalue weighted by molar-refractivity contribution is -0.121. The number of nitrogens with zero attached hydrogens (tertiary/aromatic N) is 1. The van der Waals surface area contributed by atoms with Crippen molar-refractivity contribution in [3.05, 3.63) is 24.0 Å². The Morgan fingerprint density at radius 3 is 2.94 bits per heavy atom. The van der Waals surface area contributed by atoms with Crippen LogP contribution in [0.1, 0.15) is 38.3 Å². The van der Waals surface area contributed by atoms with Crippen LogP contribution in [0.25, 0.3) is 0 Å². The van der Waals surface area contributed by atoms with Crippen LogP contribution in [0.3, 0.4) is 0 Å². The lowest BCUT2D eigenvalue weighted by atomic mass is 10.1. The number of rotatable bonds is 6. The quantitative estimate of drug-likeness (QED) is 0.766. The molecule has 3 N–H and O–H groups in total. The highest BCUT2D eigenvalue weighted by atomic mass is 16.1. The van der Waals surface area contributed by atoms with Gasteiger partial charge in [-0.05, 0) is 25.0 Å². The largest absolute Gasteiger partial charge is 0.355 e. The Balaban J connectivity index is 2.54. The van der Waals surface area contributed by atoms with Crippen LogP contribution in [-0.4, -0.2) is 17.0 Å². The molecule has 90 valence electrons. The molecule has 0 saturated carbocycles. The zero-order valence-corrected chi connectivity index (χ0v) is 10.1. The van der Waals surface area contributed by atoms with Gasteiger partial charge in [-0.25, -0.2) is 0 Å². The van der Waals surface area contributed by atoms with E-state index in [0.717, 1.165) is 18.4 Å². The maximum absolute atomic E-state index is 11.4. The summed E-state index contributed by atoms with van der Waals surface area (Å²) in [5, 5.41) is 2.77. The number of amides is 1. The van der Waals surface area contributed by atoms with E-state index in [1.807, 2.05) is 30.0 Å². The number of aromatic nitrogens is 1. The third kappa shape index (κ3) is 3.70. The second-order valence-electron chi connectivity index (χ2n) is 3.97. The molecule has 1 aromatic rings. The fourth-order valence-corrected chi connectivity index (χ4v) is 1.67. The number of hydrogen-bond acceptors (Lipinski definition) is 2. The van der Waals surface area contributed by atoms with Crippen molar-refractivity contribution in [2.24, 2.45) is 5.73 Å². The number of nitrogens with one attached hydrogen (secondary N) is 1. The van der Waals surface area contributed by atoms with Gasteiger partial charge in [0, 0.05) is 25.0 Å². The molecule has 16 heavy (non-hydrogen) atoms. The van der Waals surface area contributed by atoms with E-state index in [4.69, 9.17) is 5.73 Å². The Bertz CT molecular complexity index is 333. The Hall–Kier alpha value is -1.29. The van der Waals surface area contributed by atoms with Crippen LogP contribution in [0, 0.1) is 0 Å². The molecule has 1 amide bonds. The summed E-state index contributed by atoms with van der Waals surface area (Å²) in [4.78, 5) is 11.4. The molecule has 0 bridgehead atoms. The van der Waals surface area contributed by atoms with Crippen molar-refractivity contribution in [1.82, 2.24) is 9.88 Å². The molecular weight excluding hydrogens is 202 g/mol. The van der Waals surface area contributed by atoms with Crippen molar-refractivity contribution >= 4 is 5.91 Å². The topological polar surface area (TPSA) is 60.0 Å². The van der Waals surface area contributed by atoms with Crippen molar-refractivity contribution in [1.29, 1.82) is 0 Å². The fourth-order valence-electron chi connectivity index (χ4n) is 1.67. The minimum absolute atomic E-state index is 0.0358. The lowest BCUT2D eigenvalue weighted by Crippen LogP contribution is -2.26. The number of hydrogen-bond donors (Lipinski definition) is 2. The van der Waals surface area contributed by atoms with Crippen molar-refractivity contribution in [2.45, 2.75) is 39.3 Å². The van der Waals surface area contributed by atoms with Gasteiger partial charge in [-0.3, -0.25) is 4.79 Å². The second kappa shape index (κ2) is 6.33. The van der Waals surface area contributed by atoms with E-state index in [9.17, 15) is 4.79 Å². The van der Waals surface area contributed by atoms with Crippen LogP contribution >= 0.6 is 0 Å². The fraction of sp³-hybridized carbons (Fsp3) is 0.583. The van der Waals surface area contributed by atoms with Crippen molar-refractivity contribution < 1.29 is 4.79 Å². The minimum Gasteiger partial charge on any atom is -0.355 e. The average Bonchev–Trinajstić information content (AvgIpc) is 2.67. The molecule has 4 heteroatoms. The van der Waals surface area contributed by atoms with Crippen molar-refractivity contribution in [2.75, 3.05) is 6.54 Å². The van der Waals surface area contributed by atoms with Gasteiger partial charge in [0.2, 0.25) is 5.91 Å². The first-order valence-corrected chi connectivity index (χ1v) is 5.85. The van der Waals surface area contributed by atoms with E-state index in [0.29, 0.717) is 13.1 Å². The van der Waals surface area contributed by atoms with Gasteiger partial charge in [0.15, 0.2) is 0 Å². The van der Waals surface area contributed by atoms with Crippen LogP contribution in [0.5, 0.6) is 0 Å². The molecule has 0 aliphatic carbocycles. The van der Waals surface area contributed by atoms with Gasteiger partial charge in [-0.15, -0.1) is 0 Å². The van der Waals surface area contributed by atoms with Crippen LogP contribution in [0.2, 0.25) is 0 Å². The summed E-state index contributed by atoms with van der Waals surface area (Å²) in [6.07, 6.45) is 5.91. The summed E-state index contributed by atoms with van der Waals surface area (Å²) in [5.74, 6) is 0.0358. The molecule has 0 aliphatic heterocycles. The first kappa shape index (κ1) is 12.8. The molecule has 0 radical (unpaired) electrons. The van der Waals surface area contributed by atoms with Crippen LogP contribution in [-0.2, 0) is 11.3 Å². The normalized spacial score (nSPS) is 12.4. The third-order valence-electron chi connectivity index (χ3n) is 2.50. The molecule has 0 saturated heterocycles. The Morgan fingerprint density at radius 2 is 2.31 bits per heavy atom. The van der Waals surface area contributed by atoms with Crippen LogP contribution in [0.15, 0.2) is 18.5 Å². The van der Waals surface area contributed by atoms with E-state index >= 15 is 0 Å². The van der Waals surface area contributed by atoms with Crippen molar-refractivity contribution in [3.8, 4) is 0 Å². The summed E-state index contributed by atoms with van der Waals surface area (Å²) >= 11 is 0. The van der Waals surface area contributed by atoms with Gasteiger partial charge < -0.3 is 15.6 Å². The zero-order chi connectivity index (χ0) is 12.0. The van der Waals surface area contributed by atoms with Gasteiger partial charge in [-0.1, -0.05) is 13.3 Å². The van der Waals surface area contributed by atoms with Gasteiger partial charge in [0.25, 0.3) is 0 Å². The zero-order valence-electron chi connectivity index (χ0n) is 10.1. The van der Waals surface area contributed by atoms with E-state index in [1.54, 1.807) is 0 Å². The smallest absolute Gasteiger partial charge is 0.239 e.